The smallest absolute Gasteiger partial charge is 0.249 e. The van der Waals surface area contributed by atoms with Crippen LogP contribution in [0.2, 0.25) is 0 Å². The number of amides is 1. The predicted octanol–water partition coefficient (Wildman–Crippen LogP) is 3.23. The van der Waals surface area contributed by atoms with E-state index in [0.717, 1.165) is 21.4 Å². The molecule has 4 rings (SSSR count). The van der Waals surface area contributed by atoms with Crippen molar-refractivity contribution in [3.05, 3.63) is 108 Å². The second-order valence-corrected chi connectivity index (χ2v) is 13.0. The summed E-state index contributed by atoms with van der Waals surface area (Å²) < 4.78 is 53.6. The number of carbonyl (C=O) groups excluding carboxylic acids is 1. The summed E-state index contributed by atoms with van der Waals surface area (Å²) in [7, 11) is -7.82. The van der Waals surface area contributed by atoms with Gasteiger partial charge in [0.2, 0.25) is 26.0 Å². The third-order valence-electron chi connectivity index (χ3n) is 6.09. The molecule has 1 amide bonds. The minimum absolute atomic E-state index is 0.0582. The Hall–Kier alpha value is -3.93. The highest BCUT2D eigenvalue weighted by atomic mass is 32.2. The molecular weight excluding hydrogens is 524 g/mol. The van der Waals surface area contributed by atoms with Gasteiger partial charge in [-0.15, -0.1) is 0 Å². The summed E-state index contributed by atoms with van der Waals surface area (Å²) >= 11 is 0. The molecule has 0 fully saturated rings. The van der Waals surface area contributed by atoms with Crippen LogP contribution in [0.1, 0.15) is 17.5 Å². The molecular formula is C27H28N4O5S2. The number of hydrogen-bond donors (Lipinski definition) is 3. The van der Waals surface area contributed by atoms with Gasteiger partial charge in [0.15, 0.2) is 0 Å². The first-order valence-corrected chi connectivity index (χ1v) is 15.0. The number of nitrogens with zero attached hydrogens (tertiary/aromatic N) is 1. The second kappa shape index (κ2) is 10.8. The van der Waals surface area contributed by atoms with Gasteiger partial charge in [-0.2, -0.15) is 0 Å². The summed E-state index contributed by atoms with van der Waals surface area (Å²) in [6.07, 6.45) is 11.5. The van der Waals surface area contributed by atoms with Crippen LogP contribution in [-0.4, -0.2) is 44.3 Å². The van der Waals surface area contributed by atoms with Crippen LogP contribution in [0.4, 0.5) is 11.4 Å². The minimum Gasteiger partial charge on any atom is -0.397 e. The van der Waals surface area contributed by atoms with Gasteiger partial charge >= 0.3 is 0 Å². The van der Waals surface area contributed by atoms with Crippen LogP contribution in [0.5, 0.6) is 0 Å². The lowest BCUT2D eigenvalue weighted by Crippen LogP contribution is -2.50. The van der Waals surface area contributed by atoms with Crippen molar-refractivity contribution in [3.8, 4) is 0 Å². The van der Waals surface area contributed by atoms with Crippen LogP contribution in [0.25, 0.3) is 11.6 Å². The van der Waals surface area contributed by atoms with E-state index in [1.54, 1.807) is 36.4 Å². The molecule has 1 aromatic heterocycles. The zero-order chi connectivity index (χ0) is 27.4. The van der Waals surface area contributed by atoms with Crippen molar-refractivity contribution in [3.63, 3.8) is 0 Å². The Kier molecular flexibility index (Phi) is 7.72. The fourth-order valence-corrected chi connectivity index (χ4v) is 6.44. The van der Waals surface area contributed by atoms with Crippen LogP contribution in [0.15, 0.2) is 97.4 Å². The number of benzene rings is 2. The summed E-state index contributed by atoms with van der Waals surface area (Å²) in [5.41, 5.74) is 8.81. The molecule has 38 heavy (non-hydrogen) atoms. The van der Waals surface area contributed by atoms with E-state index in [1.807, 2.05) is 36.4 Å². The van der Waals surface area contributed by atoms with Crippen molar-refractivity contribution in [2.75, 3.05) is 23.9 Å². The lowest BCUT2D eigenvalue weighted by Gasteiger charge is -2.33. The van der Waals surface area contributed by atoms with Gasteiger partial charge in [0.25, 0.3) is 0 Å². The van der Waals surface area contributed by atoms with Crippen LogP contribution >= 0.6 is 0 Å². The van der Waals surface area contributed by atoms with Gasteiger partial charge in [-0.1, -0.05) is 60.7 Å². The average molecular weight is 553 g/mol. The third kappa shape index (κ3) is 6.13. The number of anilines is 2. The van der Waals surface area contributed by atoms with Crippen molar-refractivity contribution in [1.82, 2.24) is 8.69 Å². The summed E-state index contributed by atoms with van der Waals surface area (Å²) in [4.78, 5) is 12.3. The lowest BCUT2D eigenvalue weighted by molar-refractivity contribution is -0.111. The molecule has 9 nitrogen and oxygen atoms in total. The number of nitrogens with two attached hydrogens (primary N) is 1. The topological polar surface area (TPSA) is 140 Å². The van der Waals surface area contributed by atoms with E-state index in [2.05, 4.69) is 10.0 Å². The van der Waals surface area contributed by atoms with E-state index in [4.69, 9.17) is 5.73 Å². The summed E-state index contributed by atoms with van der Waals surface area (Å²) in [5, 5.41) is 2.67. The van der Waals surface area contributed by atoms with Gasteiger partial charge in [-0.25, -0.2) is 21.6 Å². The summed E-state index contributed by atoms with van der Waals surface area (Å²) in [6.45, 7) is -0.348. The monoisotopic (exact) mass is 552 g/mol. The third-order valence-corrected chi connectivity index (χ3v) is 9.00. The van der Waals surface area contributed by atoms with Gasteiger partial charge < -0.3 is 11.1 Å². The van der Waals surface area contributed by atoms with Crippen molar-refractivity contribution in [2.45, 2.75) is 11.2 Å². The Labute approximate surface area is 222 Å². The molecule has 1 aliphatic carbocycles. The van der Waals surface area contributed by atoms with Crippen molar-refractivity contribution in [2.24, 2.45) is 0 Å². The van der Waals surface area contributed by atoms with E-state index < -0.39 is 30.7 Å². The molecule has 3 aromatic rings. The molecule has 0 spiro atoms. The van der Waals surface area contributed by atoms with Crippen LogP contribution in [-0.2, 0) is 24.8 Å². The molecule has 1 atom stereocenters. The maximum atomic E-state index is 14.0. The molecule has 4 N–H and O–H groups in total. The Balaban J connectivity index is 1.60. The number of nitrogen functional groups attached to an aromatic ring is 1. The lowest BCUT2D eigenvalue weighted by atomic mass is 9.89. The highest BCUT2D eigenvalue weighted by Gasteiger charge is 2.45. The number of carbonyl (C=O) groups is 1. The van der Waals surface area contributed by atoms with Crippen molar-refractivity contribution >= 4 is 49.0 Å². The number of hydrogen-bond acceptors (Lipinski definition) is 6. The average Bonchev–Trinajstić information content (AvgIpc) is 3.38. The van der Waals surface area contributed by atoms with Crippen LogP contribution < -0.4 is 15.8 Å². The van der Waals surface area contributed by atoms with Crippen molar-refractivity contribution < 1.29 is 21.6 Å². The van der Waals surface area contributed by atoms with Crippen LogP contribution in [0, 0.1) is 0 Å². The fourth-order valence-electron chi connectivity index (χ4n) is 4.08. The Morgan fingerprint density at radius 2 is 1.76 bits per heavy atom. The first-order valence-electron chi connectivity index (χ1n) is 11.6. The van der Waals surface area contributed by atoms with E-state index in [1.165, 1.54) is 30.6 Å². The largest absolute Gasteiger partial charge is 0.397 e. The highest BCUT2D eigenvalue weighted by molar-refractivity contribution is 7.91. The maximum absolute atomic E-state index is 14.0. The van der Waals surface area contributed by atoms with Crippen LogP contribution in [0.3, 0.4) is 0 Å². The molecule has 2 aromatic carbocycles. The summed E-state index contributed by atoms with van der Waals surface area (Å²) in [5.74, 6) is -0.430. The molecule has 1 aliphatic rings. The van der Waals surface area contributed by atoms with Gasteiger partial charge in [0.05, 0.1) is 17.6 Å². The zero-order valence-corrected chi connectivity index (χ0v) is 22.2. The summed E-state index contributed by atoms with van der Waals surface area (Å²) in [6, 6.07) is 17.7. The molecule has 0 bridgehead atoms. The number of rotatable bonds is 9. The van der Waals surface area contributed by atoms with E-state index >= 15 is 0 Å². The predicted molar refractivity (Wildman–Crippen MR) is 151 cm³/mol. The number of allylic oxidation sites excluding steroid dienone is 3. The SMILES string of the molecule is CS(=O)(=O)NCC1(S(=O)(=O)n2ccc(C=CC(=O)Nc3ccccc3N)c2)C=CC=C(c2ccccc2)C1. The zero-order valence-electron chi connectivity index (χ0n) is 20.6. The molecule has 0 saturated heterocycles. The molecule has 0 radical (unpaired) electrons. The Bertz CT molecular complexity index is 1640. The van der Waals surface area contributed by atoms with Crippen molar-refractivity contribution in [1.29, 1.82) is 0 Å². The van der Waals surface area contributed by atoms with E-state index in [0.29, 0.717) is 16.9 Å². The molecule has 1 heterocycles. The quantitative estimate of drug-likeness (QED) is 0.275. The van der Waals surface area contributed by atoms with Gasteiger partial charge in [0, 0.05) is 25.0 Å². The fraction of sp³-hybridized carbons (Fsp3) is 0.148. The first kappa shape index (κ1) is 27.1. The normalized spacial score (nSPS) is 17.9. The maximum Gasteiger partial charge on any atom is 0.249 e. The molecule has 0 saturated carbocycles. The highest BCUT2D eigenvalue weighted by Crippen LogP contribution is 2.37. The Morgan fingerprint density at radius 1 is 1.05 bits per heavy atom. The first-order chi connectivity index (χ1) is 18.0. The molecule has 11 heteroatoms. The van der Waals surface area contributed by atoms with E-state index in [9.17, 15) is 21.6 Å². The molecule has 1 unspecified atom stereocenters. The number of aromatic nitrogens is 1. The van der Waals surface area contributed by atoms with Gasteiger partial charge in [0.1, 0.15) is 4.75 Å². The minimum atomic E-state index is -4.15. The van der Waals surface area contributed by atoms with E-state index in [-0.39, 0.29) is 13.0 Å². The number of para-hydroxylation sites is 2. The number of sulfonamides is 1. The van der Waals surface area contributed by atoms with Gasteiger partial charge in [-0.05, 0) is 47.4 Å². The molecule has 0 aliphatic heterocycles. The Morgan fingerprint density at radius 3 is 2.47 bits per heavy atom. The standard InChI is InChI=1S/C27H28N4O5S2/c1-37(33,34)29-20-27(16-7-10-23(18-27)22-8-3-2-4-9-22)38(35,36)31-17-15-21(19-31)13-14-26(32)30-25-12-6-5-11-24(25)28/h2-17,19,29H,18,20,28H2,1H3,(H,30,32). The molecule has 198 valence electrons. The second-order valence-electron chi connectivity index (χ2n) is 8.94. The number of nitrogens with one attached hydrogen (secondary N) is 2. The van der Waals surface area contributed by atoms with Gasteiger partial charge in [-0.3, -0.25) is 8.77 Å².